The van der Waals surface area contributed by atoms with Gasteiger partial charge in [0.1, 0.15) is 5.15 Å². The highest BCUT2D eigenvalue weighted by Gasteiger charge is 2.29. The van der Waals surface area contributed by atoms with Crippen LogP contribution in [0.3, 0.4) is 0 Å². The molecule has 20 heavy (non-hydrogen) atoms. The van der Waals surface area contributed by atoms with Gasteiger partial charge in [0.05, 0.1) is 0 Å². The van der Waals surface area contributed by atoms with Crippen molar-refractivity contribution in [3.05, 3.63) is 29.0 Å². The SMILES string of the molecule is CC(C)(C)C1CCC(=O)N(Cc2ccc(Cl)nc2)CC1. The number of nitrogens with zero attached hydrogens (tertiary/aromatic N) is 2. The number of halogens is 1. The lowest BCUT2D eigenvalue weighted by Gasteiger charge is -2.29. The highest BCUT2D eigenvalue weighted by Crippen LogP contribution is 2.34. The van der Waals surface area contributed by atoms with Crippen molar-refractivity contribution in [3.8, 4) is 0 Å². The molecule has 1 atom stereocenters. The van der Waals surface area contributed by atoms with E-state index in [1.807, 2.05) is 11.0 Å². The van der Waals surface area contributed by atoms with E-state index in [2.05, 4.69) is 25.8 Å². The van der Waals surface area contributed by atoms with Gasteiger partial charge in [0, 0.05) is 25.7 Å². The molecule has 1 amide bonds. The Hall–Kier alpha value is -1.09. The fraction of sp³-hybridized carbons (Fsp3) is 0.625. The summed E-state index contributed by atoms with van der Waals surface area (Å²) in [7, 11) is 0. The van der Waals surface area contributed by atoms with E-state index in [4.69, 9.17) is 11.6 Å². The van der Waals surface area contributed by atoms with E-state index in [-0.39, 0.29) is 11.3 Å². The number of likely N-dealkylation sites (tertiary alicyclic amines) is 1. The number of pyridine rings is 1. The Balaban J connectivity index is 2.02. The maximum absolute atomic E-state index is 12.2. The number of hydrogen-bond acceptors (Lipinski definition) is 2. The summed E-state index contributed by atoms with van der Waals surface area (Å²) in [6, 6.07) is 3.71. The van der Waals surface area contributed by atoms with Crippen LogP contribution in [0.4, 0.5) is 0 Å². The van der Waals surface area contributed by atoms with Gasteiger partial charge in [-0.3, -0.25) is 4.79 Å². The molecule has 1 aliphatic rings. The molecule has 110 valence electrons. The Morgan fingerprint density at radius 1 is 1.35 bits per heavy atom. The molecule has 0 N–H and O–H groups in total. The molecule has 1 aromatic heterocycles. The van der Waals surface area contributed by atoms with Gasteiger partial charge in [0.15, 0.2) is 0 Å². The second-order valence-electron chi connectivity index (χ2n) is 6.69. The largest absolute Gasteiger partial charge is 0.338 e. The fourth-order valence-electron chi connectivity index (χ4n) is 2.79. The van der Waals surface area contributed by atoms with E-state index < -0.39 is 0 Å². The van der Waals surface area contributed by atoms with Crippen molar-refractivity contribution >= 4 is 17.5 Å². The Bertz CT molecular complexity index is 464. The van der Waals surface area contributed by atoms with Crippen LogP contribution in [-0.4, -0.2) is 22.3 Å². The predicted octanol–water partition coefficient (Wildman–Crippen LogP) is 3.91. The molecule has 1 unspecified atom stereocenters. The van der Waals surface area contributed by atoms with Gasteiger partial charge >= 0.3 is 0 Å². The third-order valence-corrected chi connectivity index (χ3v) is 4.42. The van der Waals surface area contributed by atoms with Crippen LogP contribution in [0.15, 0.2) is 18.3 Å². The summed E-state index contributed by atoms with van der Waals surface area (Å²) in [4.78, 5) is 18.3. The summed E-state index contributed by atoms with van der Waals surface area (Å²) < 4.78 is 0. The van der Waals surface area contributed by atoms with Gasteiger partial charge in [0.2, 0.25) is 5.91 Å². The van der Waals surface area contributed by atoms with Crippen LogP contribution in [0.5, 0.6) is 0 Å². The molecule has 1 saturated heterocycles. The molecule has 4 heteroatoms. The minimum atomic E-state index is 0.256. The van der Waals surface area contributed by atoms with E-state index in [0.29, 0.717) is 24.0 Å². The molecule has 0 saturated carbocycles. The van der Waals surface area contributed by atoms with Crippen LogP contribution in [0.25, 0.3) is 0 Å². The van der Waals surface area contributed by atoms with Crippen molar-refractivity contribution in [2.45, 2.75) is 46.6 Å². The van der Waals surface area contributed by atoms with Crippen LogP contribution in [0, 0.1) is 11.3 Å². The van der Waals surface area contributed by atoms with Gasteiger partial charge in [-0.1, -0.05) is 38.4 Å². The molecule has 2 heterocycles. The van der Waals surface area contributed by atoms with Crippen molar-refractivity contribution in [2.24, 2.45) is 11.3 Å². The molecule has 1 fully saturated rings. The third-order valence-electron chi connectivity index (χ3n) is 4.19. The van der Waals surface area contributed by atoms with Gasteiger partial charge in [-0.25, -0.2) is 4.98 Å². The van der Waals surface area contributed by atoms with Gasteiger partial charge in [-0.2, -0.15) is 0 Å². The normalized spacial score (nSPS) is 20.9. The molecule has 0 bridgehead atoms. The van der Waals surface area contributed by atoms with Crippen LogP contribution < -0.4 is 0 Å². The van der Waals surface area contributed by atoms with Gasteiger partial charge in [0.25, 0.3) is 0 Å². The summed E-state index contributed by atoms with van der Waals surface area (Å²) in [5, 5.41) is 0.490. The van der Waals surface area contributed by atoms with E-state index in [1.165, 1.54) is 0 Å². The maximum Gasteiger partial charge on any atom is 0.222 e. The maximum atomic E-state index is 12.2. The topological polar surface area (TPSA) is 33.2 Å². The Morgan fingerprint density at radius 2 is 2.10 bits per heavy atom. The summed E-state index contributed by atoms with van der Waals surface area (Å²) >= 11 is 5.79. The highest BCUT2D eigenvalue weighted by atomic mass is 35.5. The first-order chi connectivity index (χ1) is 9.36. The average Bonchev–Trinajstić information content (AvgIpc) is 2.55. The van der Waals surface area contributed by atoms with Crippen molar-refractivity contribution < 1.29 is 4.79 Å². The number of carbonyl (C=O) groups is 1. The minimum Gasteiger partial charge on any atom is -0.338 e. The van der Waals surface area contributed by atoms with Gasteiger partial charge < -0.3 is 4.90 Å². The number of amides is 1. The zero-order valence-electron chi connectivity index (χ0n) is 12.5. The molecule has 3 nitrogen and oxygen atoms in total. The molecule has 0 aromatic carbocycles. The molecular formula is C16H23ClN2O. The monoisotopic (exact) mass is 294 g/mol. The average molecular weight is 295 g/mol. The first kappa shape index (κ1) is 15.3. The second-order valence-corrected chi connectivity index (χ2v) is 7.08. The Morgan fingerprint density at radius 3 is 2.70 bits per heavy atom. The molecule has 0 radical (unpaired) electrons. The van der Waals surface area contributed by atoms with E-state index in [9.17, 15) is 4.79 Å². The van der Waals surface area contributed by atoms with E-state index in [0.717, 1.165) is 24.9 Å². The first-order valence-corrected chi connectivity index (χ1v) is 7.62. The molecule has 1 aromatic rings. The zero-order chi connectivity index (χ0) is 14.8. The Labute approximate surface area is 126 Å². The summed E-state index contributed by atoms with van der Waals surface area (Å²) in [5.41, 5.74) is 1.31. The van der Waals surface area contributed by atoms with Crippen molar-refractivity contribution in [3.63, 3.8) is 0 Å². The lowest BCUT2D eigenvalue weighted by Crippen LogP contribution is -2.30. The quantitative estimate of drug-likeness (QED) is 0.775. The molecule has 2 rings (SSSR count). The number of aromatic nitrogens is 1. The highest BCUT2D eigenvalue weighted by molar-refractivity contribution is 6.29. The van der Waals surface area contributed by atoms with Crippen molar-refractivity contribution in [2.75, 3.05) is 6.54 Å². The second kappa shape index (κ2) is 6.13. The number of rotatable bonds is 2. The predicted molar refractivity (Wildman–Crippen MR) is 81.5 cm³/mol. The van der Waals surface area contributed by atoms with Gasteiger partial charge in [-0.05, 0) is 35.8 Å². The van der Waals surface area contributed by atoms with Crippen molar-refractivity contribution in [1.82, 2.24) is 9.88 Å². The van der Waals surface area contributed by atoms with Crippen LogP contribution in [-0.2, 0) is 11.3 Å². The molecular weight excluding hydrogens is 272 g/mol. The standard InChI is InChI=1S/C16H23ClN2O/c1-16(2,3)13-5-7-15(20)19(9-8-13)11-12-4-6-14(17)18-10-12/h4,6,10,13H,5,7-9,11H2,1-3H3. The van der Waals surface area contributed by atoms with E-state index in [1.54, 1.807) is 12.3 Å². The number of carbonyl (C=O) groups excluding carboxylic acids is 1. The first-order valence-electron chi connectivity index (χ1n) is 7.24. The lowest BCUT2D eigenvalue weighted by molar-refractivity contribution is -0.131. The fourth-order valence-corrected chi connectivity index (χ4v) is 2.90. The molecule has 0 aliphatic carbocycles. The summed E-state index contributed by atoms with van der Waals surface area (Å²) in [6.45, 7) is 8.27. The summed E-state index contributed by atoms with van der Waals surface area (Å²) in [5.74, 6) is 0.867. The lowest BCUT2D eigenvalue weighted by atomic mass is 9.77. The minimum absolute atomic E-state index is 0.256. The third kappa shape index (κ3) is 3.95. The smallest absolute Gasteiger partial charge is 0.222 e. The van der Waals surface area contributed by atoms with Crippen LogP contribution in [0.2, 0.25) is 5.15 Å². The molecule has 1 aliphatic heterocycles. The van der Waals surface area contributed by atoms with E-state index >= 15 is 0 Å². The number of hydrogen-bond donors (Lipinski definition) is 0. The van der Waals surface area contributed by atoms with Gasteiger partial charge in [-0.15, -0.1) is 0 Å². The zero-order valence-corrected chi connectivity index (χ0v) is 13.3. The van der Waals surface area contributed by atoms with Crippen molar-refractivity contribution in [1.29, 1.82) is 0 Å². The van der Waals surface area contributed by atoms with Crippen LogP contribution >= 0.6 is 11.6 Å². The summed E-state index contributed by atoms with van der Waals surface area (Å²) in [6.07, 6.45) is 4.48. The molecule has 0 spiro atoms. The Kier molecular flexibility index (Phi) is 4.69. The van der Waals surface area contributed by atoms with Crippen LogP contribution in [0.1, 0.15) is 45.6 Å².